The fourth-order valence-electron chi connectivity index (χ4n) is 5.08. The number of halogens is 1. The van der Waals surface area contributed by atoms with E-state index in [4.69, 9.17) is 23.7 Å². The lowest BCUT2D eigenvalue weighted by Gasteiger charge is -2.34. The van der Waals surface area contributed by atoms with E-state index >= 15 is 0 Å². The first-order valence-corrected chi connectivity index (χ1v) is 20.3. The van der Waals surface area contributed by atoms with Crippen molar-refractivity contribution in [1.82, 2.24) is 4.90 Å². The van der Waals surface area contributed by atoms with E-state index in [9.17, 15) is 31.5 Å². The number of benzene rings is 2. The van der Waals surface area contributed by atoms with Gasteiger partial charge in [0, 0.05) is 34.6 Å². The summed E-state index contributed by atoms with van der Waals surface area (Å²) in [5.41, 5.74) is 0.994. The number of carbonyl (C=O) groups is 2. The molecule has 0 aliphatic carbocycles. The van der Waals surface area contributed by atoms with Gasteiger partial charge in [0.25, 0.3) is 0 Å². The van der Waals surface area contributed by atoms with Crippen LogP contribution in [0.25, 0.3) is 6.08 Å². The number of sulfone groups is 2. The van der Waals surface area contributed by atoms with Gasteiger partial charge in [0.2, 0.25) is 6.79 Å². The van der Waals surface area contributed by atoms with Gasteiger partial charge in [0.15, 0.2) is 42.7 Å². The Morgan fingerprint density at radius 3 is 2.20 bits per heavy atom. The molecule has 49 heavy (non-hydrogen) atoms. The van der Waals surface area contributed by atoms with E-state index in [1.54, 1.807) is 23.1 Å². The largest absolute Gasteiger partial charge is 0.504 e. The molecule has 2 aromatic carbocycles. The predicted molar refractivity (Wildman–Crippen MR) is 184 cm³/mol. The van der Waals surface area contributed by atoms with Crippen molar-refractivity contribution in [2.45, 2.75) is 12.6 Å². The number of phenolic OH excluding ortho intramolecular Hbond substituents is 1. The van der Waals surface area contributed by atoms with Crippen molar-refractivity contribution in [2.75, 3.05) is 51.1 Å². The van der Waals surface area contributed by atoms with Crippen LogP contribution in [0.2, 0.25) is 0 Å². The second kappa shape index (κ2) is 14.8. The van der Waals surface area contributed by atoms with Gasteiger partial charge in [0.05, 0.1) is 35.8 Å². The van der Waals surface area contributed by atoms with Gasteiger partial charge < -0.3 is 33.7 Å². The Morgan fingerprint density at radius 2 is 1.61 bits per heavy atom. The summed E-state index contributed by atoms with van der Waals surface area (Å²) < 4.78 is 75.1. The molecule has 0 bridgehead atoms. The number of rotatable bonds is 12. The van der Waals surface area contributed by atoms with Crippen molar-refractivity contribution >= 4 is 65.0 Å². The third-order valence-electron chi connectivity index (χ3n) is 7.42. The first-order chi connectivity index (χ1) is 23.1. The van der Waals surface area contributed by atoms with Crippen molar-refractivity contribution in [2.24, 2.45) is 0 Å². The molecule has 0 fully saturated rings. The summed E-state index contributed by atoms with van der Waals surface area (Å²) in [6.45, 7) is -0.846. The van der Waals surface area contributed by atoms with E-state index in [1.165, 1.54) is 36.8 Å². The summed E-state index contributed by atoms with van der Waals surface area (Å²) in [5, 5.41) is 12.7. The number of methoxy groups -OCH3 is 1. The standard InChI is InChI=1S/C32H32BrNO12S3/c1-42-26-14-21-19(12-25(26)35)11-22(31(36)43-6-9-48(2,38)39)23(32(37)44-7-10-49(3,40)41)17-34(30(21)29-5-4-8-47-29)16-20-13-27-28(15-24(20)33)46-18-45-27/h4-5,8,11-15,17,30,35H,6-7,9-10,16,18H2,1-3H3. The summed E-state index contributed by atoms with van der Waals surface area (Å²) >= 11 is 5.03. The molecule has 17 heteroatoms. The second-order valence-electron chi connectivity index (χ2n) is 11.2. The van der Waals surface area contributed by atoms with Crippen LogP contribution in [0.4, 0.5) is 0 Å². The maximum Gasteiger partial charge on any atom is 0.340 e. The SMILES string of the molecule is COc1cc2c(cc1O)C=C(C(=O)OCCS(C)(=O)=O)C(C(=O)OCCS(C)(=O)=O)=CN(Cc1cc3c(cc1Br)OCO3)C2c1cccs1. The normalized spacial score (nSPS) is 15.8. The van der Waals surface area contributed by atoms with E-state index in [2.05, 4.69) is 15.9 Å². The molecule has 2 aliphatic heterocycles. The Balaban J connectivity index is 1.73. The minimum Gasteiger partial charge on any atom is -0.504 e. The van der Waals surface area contributed by atoms with Crippen molar-refractivity contribution in [3.8, 4) is 23.0 Å². The molecule has 5 rings (SSSR count). The maximum absolute atomic E-state index is 13.8. The highest BCUT2D eigenvalue weighted by Gasteiger charge is 2.33. The lowest BCUT2D eigenvalue weighted by Crippen LogP contribution is -2.29. The molecule has 0 amide bonds. The zero-order valence-electron chi connectivity index (χ0n) is 26.5. The Kier molecular flexibility index (Phi) is 11.0. The van der Waals surface area contributed by atoms with Gasteiger partial charge in [-0.15, -0.1) is 11.3 Å². The van der Waals surface area contributed by atoms with Crippen LogP contribution in [-0.2, 0) is 45.3 Å². The number of thiophene rings is 1. The molecule has 0 saturated carbocycles. The van der Waals surface area contributed by atoms with Crippen LogP contribution in [0.1, 0.15) is 27.6 Å². The molecule has 3 heterocycles. The number of hydrogen-bond acceptors (Lipinski definition) is 14. The highest BCUT2D eigenvalue weighted by atomic mass is 79.9. The summed E-state index contributed by atoms with van der Waals surface area (Å²) in [4.78, 5) is 30.1. The minimum absolute atomic E-state index is 0.0440. The predicted octanol–water partition coefficient (Wildman–Crippen LogP) is 4.00. The number of ether oxygens (including phenoxy) is 5. The molecule has 13 nitrogen and oxygen atoms in total. The first-order valence-electron chi connectivity index (χ1n) is 14.5. The number of aromatic hydroxyl groups is 1. The summed E-state index contributed by atoms with van der Waals surface area (Å²) in [6.07, 6.45) is 4.75. The van der Waals surface area contributed by atoms with Crippen LogP contribution in [0.5, 0.6) is 23.0 Å². The number of phenols is 1. The zero-order valence-corrected chi connectivity index (χ0v) is 30.5. The van der Waals surface area contributed by atoms with Gasteiger partial charge in [-0.2, -0.15) is 0 Å². The molecule has 2 aliphatic rings. The molecule has 1 unspecified atom stereocenters. The van der Waals surface area contributed by atoms with Crippen molar-refractivity contribution in [1.29, 1.82) is 0 Å². The average molecular weight is 799 g/mol. The number of hydrogen-bond donors (Lipinski definition) is 1. The number of nitrogens with zero attached hydrogens (tertiary/aromatic N) is 1. The van der Waals surface area contributed by atoms with E-state index in [0.29, 0.717) is 32.7 Å². The Morgan fingerprint density at radius 1 is 0.980 bits per heavy atom. The van der Waals surface area contributed by atoms with Crippen molar-refractivity contribution < 1.29 is 55.2 Å². The molecule has 0 spiro atoms. The summed E-state index contributed by atoms with van der Waals surface area (Å²) in [6, 6.07) is 9.65. The highest BCUT2D eigenvalue weighted by Crippen LogP contribution is 2.44. The van der Waals surface area contributed by atoms with Gasteiger partial charge >= 0.3 is 11.9 Å². The Hall–Kier alpha value is -4.06. The molecule has 1 atom stereocenters. The number of esters is 2. The number of fused-ring (bicyclic) bond motifs is 2. The zero-order chi connectivity index (χ0) is 35.5. The minimum atomic E-state index is -3.51. The van der Waals surface area contributed by atoms with Gasteiger partial charge in [-0.1, -0.05) is 22.0 Å². The molecule has 0 radical (unpaired) electrons. The quantitative estimate of drug-likeness (QED) is 0.261. The van der Waals surface area contributed by atoms with Gasteiger partial charge in [0.1, 0.15) is 13.2 Å². The van der Waals surface area contributed by atoms with Crippen LogP contribution in [-0.4, -0.2) is 89.9 Å². The summed E-state index contributed by atoms with van der Waals surface area (Å²) in [7, 11) is -5.61. The molecule has 1 N–H and O–H groups in total. The van der Waals surface area contributed by atoms with Gasteiger partial charge in [-0.05, 0) is 58.5 Å². The maximum atomic E-state index is 13.8. The molecular formula is C32H32BrNO12S3. The fraction of sp³-hybridized carbons (Fsp3) is 0.312. The van der Waals surface area contributed by atoms with Crippen LogP contribution in [0, 0.1) is 0 Å². The highest BCUT2D eigenvalue weighted by molar-refractivity contribution is 9.10. The van der Waals surface area contributed by atoms with E-state index in [-0.39, 0.29) is 36.0 Å². The second-order valence-corrected chi connectivity index (χ2v) is 17.5. The lowest BCUT2D eigenvalue weighted by molar-refractivity contribution is -0.142. The molecule has 0 saturated heterocycles. The molecular weight excluding hydrogens is 766 g/mol. The number of carbonyl (C=O) groups excluding carboxylic acids is 2. The lowest BCUT2D eigenvalue weighted by atomic mass is 9.91. The van der Waals surface area contributed by atoms with Crippen LogP contribution < -0.4 is 14.2 Å². The third-order valence-corrected chi connectivity index (χ3v) is 10.9. The molecule has 262 valence electrons. The smallest absolute Gasteiger partial charge is 0.340 e. The summed E-state index contributed by atoms with van der Waals surface area (Å²) in [5.74, 6) is -2.07. The van der Waals surface area contributed by atoms with E-state index in [0.717, 1.165) is 17.4 Å². The van der Waals surface area contributed by atoms with Gasteiger partial charge in [-0.25, -0.2) is 26.4 Å². The Labute approximate surface area is 295 Å². The van der Waals surface area contributed by atoms with E-state index < -0.39 is 62.4 Å². The van der Waals surface area contributed by atoms with Crippen LogP contribution in [0.3, 0.4) is 0 Å². The van der Waals surface area contributed by atoms with Crippen molar-refractivity contribution in [3.63, 3.8) is 0 Å². The van der Waals surface area contributed by atoms with E-state index in [1.807, 2.05) is 17.5 Å². The van der Waals surface area contributed by atoms with Crippen LogP contribution >= 0.6 is 27.3 Å². The molecule has 1 aromatic heterocycles. The van der Waals surface area contributed by atoms with Crippen LogP contribution in [0.15, 0.2) is 63.6 Å². The first kappa shape index (κ1) is 36.2. The van der Waals surface area contributed by atoms with Crippen molar-refractivity contribution in [3.05, 3.63) is 85.2 Å². The van der Waals surface area contributed by atoms with Gasteiger partial charge in [-0.3, -0.25) is 0 Å². The monoisotopic (exact) mass is 797 g/mol. The topological polar surface area (TPSA) is 172 Å². The average Bonchev–Trinajstić information content (AvgIpc) is 3.70. The Bertz CT molecular complexity index is 2040. The fourth-order valence-corrected chi connectivity index (χ4v) is 7.17. The molecule has 3 aromatic rings. The third kappa shape index (κ3) is 8.95.